The lowest BCUT2D eigenvalue weighted by Gasteiger charge is -2.57. The second-order valence-corrected chi connectivity index (χ2v) is 14.0. The van der Waals surface area contributed by atoms with Gasteiger partial charge in [0.2, 0.25) is 0 Å². The Hall–Kier alpha value is -4.62. The van der Waals surface area contributed by atoms with Gasteiger partial charge in [-0.25, -0.2) is 0 Å². The SMILES string of the molecule is c1ccc(-c2ccc(N(c3ccccc3-c3ccc(C45CC6CC(CC(C6)C4)C5)cc3)c3cccc4ccccc34)cc2)cc1. The summed E-state index contributed by atoms with van der Waals surface area (Å²) in [6.07, 6.45) is 8.68. The molecule has 1 heteroatoms. The smallest absolute Gasteiger partial charge is 0.0540 e. The summed E-state index contributed by atoms with van der Waals surface area (Å²) < 4.78 is 0. The Kier molecular flexibility index (Phi) is 6.40. The normalized spacial score (nSPS) is 23.3. The van der Waals surface area contributed by atoms with E-state index in [0.717, 1.165) is 23.4 Å². The third kappa shape index (κ3) is 4.68. The zero-order chi connectivity index (χ0) is 29.8. The number of para-hydroxylation sites is 1. The maximum absolute atomic E-state index is 2.48. The molecule has 4 aliphatic carbocycles. The van der Waals surface area contributed by atoms with Crippen molar-refractivity contribution in [3.8, 4) is 22.3 Å². The van der Waals surface area contributed by atoms with Crippen LogP contribution in [0.15, 0.2) is 146 Å². The first-order chi connectivity index (χ1) is 22.2. The summed E-state index contributed by atoms with van der Waals surface area (Å²) in [5.41, 5.74) is 10.6. The zero-order valence-corrected chi connectivity index (χ0v) is 25.8. The minimum Gasteiger partial charge on any atom is -0.309 e. The maximum Gasteiger partial charge on any atom is 0.0540 e. The van der Waals surface area contributed by atoms with Gasteiger partial charge >= 0.3 is 0 Å². The lowest BCUT2D eigenvalue weighted by atomic mass is 9.48. The standard InChI is InChI=1S/C44H39N/c1-2-9-34(10-3-1)35-19-23-39(24-20-35)45(43-16-8-12-36-11-4-5-13-40(36)43)42-15-7-6-14-41(42)37-17-21-38(22-18-37)44-28-31-25-32(29-44)27-33(26-31)30-44/h1-24,31-33H,25-30H2. The van der Waals surface area contributed by atoms with Crippen molar-refractivity contribution in [2.24, 2.45) is 17.8 Å². The summed E-state index contributed by atoms with van der Waals surface area (Å²) in [5, 5.41) is 2.50. The van der Waals surface area contributed by atoms with Gasteiger partial charge in [0.15, 0.2) is 0 Å². The van der Waals surface area contributed by atoms with Crippen LogP contribution in [0.2, 0.25) is 0 Å². The molecule has 0 atom stereocenters. The van der Waals surface area contributed by atoms with Gasteiger partial charge in [-0.1, -0.05) is 121 Å². The van der Waals surface area contributed by atoms with Gasteiger partial charge in [0, 0.05) is 16.6 Å². The molecule has 1 nitrogen and oxygen atoms in total. The first kappa shape index (κ1) is 26.8. The lowest BCUT2D eigenvalue weighted by Crippen LogP contribution is -2.48. The number of hydrogen-bond donors (Lipinski definition) is 0. The monoisotopic (exact) mass is 581 g/mol. The van der Waals surface area contributed by atoms with Crippen LogP contribution in [0.3, 0.4) is 0 Å². The van der Waals surface area contributed by atoms with Gasteiger partial charge in [-0.05, 0) is 114 Å². The largest absolute Gasteiger partial charge is 0.309 e. The molecule has 10 rings (SSSR count). The van der Waals surface area contributed by atoms with E-state index in [1.807, 2.05) is 0 Å². The zero-order valence-electron chi connectivity index (χ0n) is 25.8. The van der Waals surface area contributed by atoms with Crippen LogP contribution in [0, 0.1) is 17.8 Å². The first-order valence-corrected chi connectivity index (χ1v) is 16.9. The van der Waals surface area contributed by atoms with Crippen LogP contribution >= 0.6 is 0 Å². The minimum atomic E-state index is 0.419. The number of rotatable bonds is 6. The molecule has 0 heterocycles. The highest BCUT2D eigenvalue weighted by Crippen LogP contribution is 2.60. The molecule has 0 unspecified atom stereocenters. The summed E-state index contributed by atoms with van der Waals surface area (Å²) in [7, 11) is 0. The Morgan fingerprint density at radius 1 is 0.444 bits per heavy atom. The average Bonchev–Trinajstić information content (AvgIpc) is 3.09. The van der Waals surface area contributed by atoms with Crippen LogP contribution in [0.4, 0.5) is 17.1 Å². The van der Waals surface area contributed by atoms with Crippen molar-refractivity contribution in [2.45, 2.75) is 43.9 Å². The van der Waals surface area contributed by atoms with E-state index in [1.54, 1.807) is 5.56 Å². The van der Waals surface area contributed by atoms with E-state index in [9.17, 15) is 0 Å². The van der Waals surface area contributed by atoms with Gasteiger partial charge in [-0.3, -0.25) is 0 Å². The van der Waals surface area contributed by atoms with Crippen molar-refractivity contribution in [3.63, 3.8) is 0 Å². The topological polar surface area (TPSA) is 3.24 Å². The van der Waals surface area contributed by atoms with Crippen LogP contribution in [-0.4, -0.2) is 0 Å². The predicted octanol–water partition coefficient (Wildman–Crippen LogP) is 12.1. The molecule has 4 fully saturated rings. The quantitative estimate of drug-likeness (QED) is 0.189. The molecule has 0 radical (unpaired) electrons. The van der Waals surface area contributed by atoms with Crippen molar-refractivity contribution in [3.05, 3.63) is 151 Å². The Balaban J connectivity index is 1.15. The molecule has 220 valence electrons. The fraction of sp³-hybridized carbons (Fsp3) is 0.227. The molecular weight excluding hydrogens is 542 g/mol. The molecule has 4 bridgehead atoms. The fourth-order valence-electron chi connectivity index (χ4n) is 9.63. The summed E-state index contributed by atoms with van der Waals surface area (Å²) >= 11 is 0. The summed E-state index contributed by atoms with van der Waals surface area (Å²) in [4.78, 5) is 2.46. The van der Waals surface area contributed by atoms with E-state index < -0.39 is 0 Å². The van der Waals surface area contributed by atoms with Crippen LogP contribution in [0.25, 0.3) is 33.0 Å². The van der Waals surface area contributed by atoms with Gasteiger partial charge in [-0.2, -0.15) is 0 Å². The van der Waals surface area contributed by atoms with E-state index in [0.29, 0.717) is 5.41 Å². The third-order valence-electron chi connectivity index (χ3n) is 11.2. The van der Waals surface area contributed by atoms with E-state index in [1.165, 1.54) is 82.9 Å². The minimum absolute atomic E-state index is 0.419. The maximum atomic E-state index is 2.48. The summed E-state index contributed by atoms with van der Waals surface area (Å²) in [6.45, 7) is 0. The molecule has 4 saturated carbocycles. The van der Waals surface area contributed by atoms with Crippen LogP contribution < -0.4 is 4.90 Å². The van der Waals surface area contributed by atoms with Gasteiger partial charge in [0.25, 0.3) is 0 Å². The summed E-state index contributed by atoms with van der Waals surface area (Å²) in [6, 6.07) is 53.9. The number of hydrogen-bond acceptors (Lipinski definition) is 1. The molecule has 0 amide bonds. The molecule has 0 N–H and O–H groups in total. The highest BCUT2D eigenvalue weighted by Gasteiger charge is 2.51. The highest BCUT2D eigenvalue weighted by molar-refractivity contribution is 6.01. The molecule has 0 aliphatic heterocycles. The molecule has 6 aromatic carbocycles. The van der Waals surface area contributed by atoms with Crippen LogP contribution in [0.1, 0.15) is 44.1 Å². The Morgan fingerprint density at radius 2 is 1.00 bits per heavy atom. The molecule has 4 aliphatic rings. The Morgan fingerprint density at radius 3 is 1.73 bits per heavy atom. The molecule has 45 heavy (non-hydrogen) atoms. The average molecular weight is 582 g/mol. The van der Waals surface area contributed by atoms with Gasteiger partial charge in [0.05, 0.1) is 11.4 Å². The lowest BCUT2D eigenvalue weighted by molar-refractivity contribution is -0.00518. The van der Waals surface area contributed by atoms with Gasteiger partial charge < -0.3 is 4.90 Å². The van der Waals surface area contributed by atoms with Crippen molar-refractivity contribution in [1.29, 1.82) is 0 Å². The number of fused-ring (bicyclic) bond motifs is 1. The van der Waals surface area contributed by atoms with Gasteiger partial charge in [-0.15, -0.1) is 0 Å². The van der Waals surface area contributed by atoms with Crippen molar-refractivity contribution >= 4 is 27.8 Å². The van der Waals surface area contributed by atoms with E-state index in [-0.39, 0.29) is 0 Å². The second-order valence-electron chi connectivity index (χ2n) is 14.0. The third-order valence-corrected chi connectivity index (χ3v) is 11.2. The highest BCUT2D eigenvalue weighted by atomic mass is 15.1. The first-order valence-electron chi connectivity index (χ1n) is 16.9. The Labute approximate surface area is 267 Å². The van der Waals surface area contributed by atoms with Crippen molar-refractivity contribution < 1.29 is 0 Å². The van der Waals surface area contributed by atoms with Gasteiger partial charge in [0.1, 0.15) is 0 Å². The fourth-order valence-corrected chi connectivity index (χ4v) is 9.63. The predicted molar refractivity (Wildman–Crippen MR) is 189 cm³/mol. The van der Waals surface area contributed by atoms with Crippen molar-refractivity contribution in [1.82, 2.24) is 0 Å². The molecular formula is C44H39N. The molecule has 0 spiro atoms. The van der Waals surface area contributed by atoms with E-state index in [4.69, 9.17) is 0 Å². The number of benzene rings is 6. The summed E-state index contributed by atoms with van der Waals surface area (Å²) in [5.74, 6) is 2.87. The van der Waals surface area contributed by atoms with Crippen LogP contribution in [-0.2, 0) is 5.41 Å². The second kappa shape index (κ2) is 10.8. The molecule has 0 aromatic heterocycles. The van der Waals surface area contributed by atoms with Crippen molar-refractivity contribution in [2.75, 3.05) is 4.90 Å². The van der Waals surface area contributed by atoms with Crippen LogP contribution in [0.5, 0.6) is 0 Å². The Bertz CT molecular complexity index is 1930. The number of anilines is 3. The molecule has 0 saturated heterocycles. The van der Waals surface area contributed by atoms with E-state index >= 15 is 0 Å². The molecule has 6 aromatic rings. The number of nitrogens with zero attached hydrogens (tertiary/aromatic N) is 1. The van der Waals surface area contributed by atoms with E-state index in [2.05, 4.69) is 150 Å².